The molecule has 0 atom stereocenters. The van der Waals surface area contributed by atoms with Crippen molar-refractivity contribution >= 4 is 17.3 Å². The molecule has 0 radical (unpaired) electrons. The topological polar surface area (TPSA) is 25.4 Å². The molecule has 0 aliphatic rings. The molecule has 0 spiro atoms. The normalized spacial score (nSPS) is 10.2. The van der Waals surface area contributed by atoms with Gasteiger partial charge in [0.05, 0.1) is 0 Å². The average molecular weight is 263 g/mol. The quantitative estimate of drug-likeness (QED) is 0.790. The lowest BCUT2D eigenvalue weighted by Crippen LogP contribution is -2.08. The van der Waals surface area contributed by atoms with E-state index in [2.05, 4.69) is 4.98 Å². The van der Waals surface area contributed by atoms with Gasteiger partial charge in [0.2, 0.25) is 0 Å². The minimum absolute atomic E-state index is 0.484. The van der Waals surface area contributed by atoms with Gasteiger partial charge in [0.25, 0.3) is 0 Å². The molecular weight excluding hydrogens is 248 g/mol. The second-order valence-corrected chi connectivity index (χ2v) is 4.55. The van der Waals surface area contributed by atoms with Crippen LogP contribution in [0.2, 0.25) is 5.15 Å². The van der Waals surface area contributed by atoms with Gasteiger partial charge in [-0.25, -0.2) is 4.98 Å². The summed E-state index contributed by atoms with van der Waals surface area (Å²) in [6.07, 6.45) is 1.68. The summed E-state index contributed by atoms with van der Waals surface area (Å²) in [6, 6.07) is 11.7. The molecule has 0 unspecified atom stereocenters. The highest BCUT2D eigenvalue weighted by molar-refractivity contribution is 6.29. The summed E-state index contributed by atoms with van der Waals surface area (Å²) in [5.41, 5.74) is 2.12. The van der Waals surface area contributed by atoms with Crippen LogP contribution >= 0.6 is 11.6 Å². The van der Waals surface area contributed by atoms with Crippen molar-refractivity contribution < 1.29 is 4.74 Å². The zero-order valence-corrected chi connectivity index (χ0v) is 11.2. The fraction of sp³-hybridized carbons (Fsp3) is 0.214. The van der Waals surface area contributed by atoms with Crippen molar-refractivity contribution in [2.45, 2.75) is 6.61 Å². The highest BCUT2D eigenvalue weighted by Crippen LogP contribution is 2.20. The van der Waals surface area contributed by atoms with Gasteiger partial charge >= 0.3 is 0 Å². The number of ether oxygens (including phenoxy) is 1. The lowest BCUT2D eigenvalue weighted by Gasteiger charge is -2.14. The van der Waals surface area contributed by atoms with E-state index in [9.17, 15) is 0 Å². The number of hydrogen-bond donors (Lipinski definition) is 0. The minimum Gasteiger partial charge on any atom is -0.489 e. The molecule has 3 nitrogen and oxygen atoms in total. The number of halogens is 1. The van der Waals surface area contributed by atoms with Crippen molar-refractivity contribution in [3.8, 4) is 5.75 Å². The molecule has 18 heavy (non-hydrogen) atoms. The first-order valence-electron chi connectivity index (χ1n) is 5.66. The monoisotopic (exact) mass is 262 g/mol. The van der Waals surface area contributed by atoms with Crippen molar-refractivity contribution in [2.75, 3.05) is 19.0 Å². The molecule has 0 amide bonds. The maximum Gasteiger partial charge on any atom is 0.129 e. The van der Waals surface area contributed by atoms with E-state index in [-0.39, 0.29) is 0 Å². The van der Waals surface area contributed by atoms with Gasteiger partial charge in [0.15, 0.2) is 0 Å². The maximum absolute atomic E-state index is 5.82. The summed E-state index contributed by atoms with van der Waals surface area (Å²) in [5.74, 6) is 0.842. The summed E-state index contributed by atoms with van der Waals surface area (Å²) in [6.45, 7) is 0.485. The first-order valence-corrected chi connectivity index (χ1v) is 6.03. The molecule has 0 saturated carbocycles. The highest BCUT2D eigenvalue weighted by atomic mass is 35.5. The van der Waals surface area contributed by atoms with Gasteiger partial charge < -0.3 is 9.64 Å². The summed E-state index contributed by atoms with van der Waals surface area (Å²) >= 11 is 5.82. The van der Waals surface area contributed by atoms with E-state index < -0.39 is 0 Å². The van der Waals surface area contributed by atoms with Gasteiger partial charge in [0.1, 0.15) is 17.5 Å². The molecule has 1 aromatic heterocycles. The van der Waals surface area contributed by atoms with E-state index in [1.54, 1.807) is 12.3 Å². The van der Waals surface area contributed by atoms with Crippen LogP contribution in [0, 0.1) is 0 Å². The molecule has 0 fully saturated rings. The average Bonchev–Trinajstić information content (AvgIpc) is 2.37. The second kappa shape index (κ2) is 5.74. The first-order chi connectivity index (χ1) is 8.65. The van der Waals surface area contributed by atoms with Gasteiger partial charge in [0, 0.05) is 32.0 Å². The number of anilines is 1. The van der Waals surface area contributed by atoms with Crippen LogP contribution in [0.1, 0.15) is 5.56 Å². The molecule has 2 aromatic rings. The first kappa shape index (κ1) is 12.7. The SMILES string of the molecule is CN(C)c1cccc(OCc2ccnc(Cl)c2)c1. The number of aromatic nitrogens is 1. The minimum atomic E-state index is 0.484. The van der Waals surface area contributed by atoms with Crippen molar-refractivity contribution in [1.82, 2.24) is 4.98 Å². The lowest BCUT2D eigenvalue weighted by molar-refractivity contribution is 0.306. The molecule has 1 heterocycles. The number of benzene rings is 1. The van der Waals surface area contributed by atoms with Crippen molar-refractivity contribution in [3.05, 3.63) is 53.3 Å². The molecule has 94 valence electrons. The van der Waals surface area contributed by atoms with Crippen LogP contribution in [0.4, 0.5) is 5.69 Å². The Morgan fingerprint density at radius 1 is 1.22 bits per heavy atom. The van der Waals surface area contributed by atoms with E-state index >= 15 is 0 Å². The molecule has 4 heteroatoms. The summed E-state index contributed by atoms with van der Waals surface area (Å²) in [5, 5.41) is 0.484. The Morgan fingerprint density at radius 2 is 2.06 bits per heavy atom. The Hall–Kier alpha value is -1.74. The zero-order chi connectivity index (χ0) is 13.0. The molecule has 1 aromatic carbocycles. The van der Waals surface area contributed by atoms with E-state index in [4.69, 9.17) is 16.3 Å². The van der Waals surface area contributed by atoms with Crippen molar-refractivity contribution in [3.63, 3.8) is 0 Å². The molecule has 0 N–H and O–H groups in total. The molecule has 0 aliphatic heterocycles. The van der Waals surface area contributed by atoms with E-state index in [1.807, 2.05) is 49.3 Å². The van der Waals surface area contributed by atoms with Gasteiger partial charge in [-0.3, -0.25) is 0 Å². The Labute approximate surface area is 112 Å². The molecular formula is C14H15ClN2O. The third-order valence-electron chi connectivity index (χ3n) is 2.53. The summed E-state index contributed by atoms with van der Waals surface area (Å²) < 4.78 is 5.72. The van der Waals surface area contributed by atoms with Crippen LogP contribution in [-0.2, 0) is 6.61 Å². The van der Waals surface area contributed by atoms with Gasteiger partial charge in [-0.1, -0.05) is 17.7 Å². The number of hydrogen-bond acceptors (Lipinski definition) is 3. The molecule has 0 saturated heterocycles. The Bertz CT molecular complexity index is 529. The van der Waals surface area contributed by atoms with Gasteiger partial charge in [-0.05, 0) is 29.8 Å². The molecule has 0 aliphatic carbocycles. The fourth-order valence-electron chi connectivity index (χ4n) is 1.55. The van der Waals surface area contributed by atoms with Crippen molar-refractivity contribution in [2.24, 2.45) is 0 Å². The summed E-state index contributed by atoms with van der Waals surface area (Å²) in [7, 11) is 4.00. The third-order valence-corrected chi connectivity index (χ3v) is 2.74. The fourth-order valence-corrected chi connectivity index (χ4v) is 1.75. The van der Waals surface area contributed by atoms with E-state index in [1.165, 1.54) is 0 Å². The molecule has 2 rings (SSSR count). The number of rotatable bonds is 4. The zero-order valence-electron chi connectivity index (χ0n) is 10.4. The van der Waals surface area contributed by atoms with Crippen LogP contribution in [0.5, 0.6) is 5.75 Å². The van der Waals surface area contributed by atoms with Crippen LogP contribution < -0.4 is 9.64 Å². The molecule has 0 bridgehead atoms. The standard InChI is InChI=1S/C14H15ClN2O/c1-17(2)12-4-3-5-13(9-12)18-10-11-6-7-16-14(15)8-11/h3-9H,10H2,1-2H3. The number of pyridine rings is 1. The van der Waals surface area contributed by atoms with Crippen molar-refractivity contribution in [1.29, 1.82) is 0 Å². The second-order valence-electron chi connectivity index (χ2n) is 4.17. The van der Waals surface area contributed by atoms with E-state index in [0.29, 0.717) is 11.8 Å². The Morgan fingerprint density at radius 3 is 2.78 bits per heavy atom. The third kappa shape index (κ3) is 3.37. The highest BCUT2D eigenvalue weighted by Gasteiger charge is 2.00. The van der Waals surface area contributed by atoms with E-state index in [0.717, 1.165) is 17.0 Å². The van der Waals surface area contributed by atoms with Gasteiger partial charge in [-0.2, -0.15) is 0 Å². The maximum atomic E-state index is 5.82. The van der Waals surface area contributed by atoms with Gasteiger partial charge in [-0.15, -0.1) is 0 Å². The lowest BCUT2D eigenvalue weighted by atomic mass is 10.2. The Balaban J connectivity index is 2.04. The predicted octanol–water partition coefficient (Wildman–Crippen LogP) is 3.38. The van der Waals surface area contributed by atoms with Crippen LogP contribution in [0.25, 0.3) is 0 Å². The van der Waals surface area contributed by atoms with Crippen LogP contribution in [0.3, 0.4) is 0 Å². The number of nitrogens with zero attached hydrogens (tertiary/aromatic N) is 2. The van der Waals surface area contributed by atoms with Crippen LogP contribution in [0.15, 0.2) is 42.6 Å². The smallest absolute Gasteiger partial charge is 0.129 e. The van der Waals surface area contributed by atoms with Crippen LogP contribution in [-0.4, -0.2) is 19.1 Å². The predicted molar refractivity (Wildman–Crippen MR) is 74.3 cm³/mol. The largest absolute Gasteiger partial charge is 0.489 e. The summed E-state index contributed by atoms with van der Waals surface area (Å²) in [4.78, 5) is 5.97. The Kier molecular flexibility index (Phi) is 4.05.